The molecule has 0 radical (unpaired) electrons. The summed E-state index contributed by atoms with van der Waals surface area (Å²) in [6.07, 6.45) is 1.13. The minimum absolute atomic E-state index is 0. The van der Waals surface area contributed by atoms with E-state index >= 15 is 0 Å². The van der Waals surface area contributed by atoms with Crippen molar-refractivity contribution in [1.29, 1.82) is 0 Å². The average Bonchev–Trinajstić information content (AvgIpc) is 2.77. The second kappa shape index (κ2) is 9.68. The lowest BCUT2D eigenvalue weighted by atomic mass is 10.1. The maximum atomic E-state index is 6.17. The van der Waals surface area contributed by atoms with E-state index in [0.29, 0.717) is 10.8 Å². The van der Waals surface area contributed by atoms with Gasteiger partial charge in [0.15, 0.2) is 11.5 Å². The third-order valence-corrected chi connectivity index (χ3v) is 3.59. The third-order valence-electron chi connectivity index (χ3n) is 3.37. The van der Waals surface area contributed by atoms with Crippen molar-refractivity contribution in [3.63, 3.8) is 0 Å². The minimum Gasteiger partial charge on any atom is -0.493 e. The van der Waals surface area contributed by atoms with E-state index in [0.717, 1.165) is 37.4 Å². The first kappa shape index (κ1) is 21.6. The van der Waals surface area contributed by atoms with Crippen molar-refractivity contribution < 1.29 is 9.47 Å². The molecule has 4 nitrogen and oxygen atoms in total. The number of hydrogen-bond acceptors (Lipinski definition) is 4. The van der Waals surface area contributed by atoms with Gasteiger partial charge in [-0.1, -0.05) is 11.6 Å². The van der Waals surface area contributed by atoms with Crippen LogP contribution in [-0.2, 0) is 6.54 Å². The van der Waals surface area contributed by atoms with Crippen LogP contribution in [0.2, 0.25) is 5.02 Å². The molecule has 1 atom stereocenters. The van der Waals surface area contributed by atoms with E-state index in [1.807, 2.05) is 19.9 Å². The van der Waals surface area contributed by atoms with Gasteiger partial charge in [-0.15, -0.1) is 24.8 Å². The monoisotopic (exact) mass is 370 g/mol. The van der Waals surface area contributed by atoms with E-state index in [1.54, 1.807) is 13.2 Å². The standard InChI is InChI=1S/C15H23ClN2O2.2ClH/c1-10(2)20-15-11(6-12(16)7-14(15)19-3)8-18-5-4-13(17)9-18;;/h6-7,10,13H,4-5,8-9,17H2,1-3H3;2*1H. The summed E-state index contributed by atoms with van der Waals surface area (Å²) < 4.78 is 11.3. The Kier molecular flexibility index (Phi) is 9.51. The Morgan fingerprint density at radius 3 is 2.55 bits per heavy atom. The maximum absolute atomic E-state index is 6.17. The largest absolute Gasteiger partial charge is 0.493 e. The fourth-order valence-electron chi connectivity index (χ4n) is 2.51. The first-order valence-corrected chi connectivity index (χ1v) is 7.38. The number of methoxy groups -OCH3 is 1. The van der Waals surface area contributed by atoms with Gasteiger partial charge in [-0.3, -0.25) is 4.90 Å². The summed E-state index contributed by atoms with van der Waals surface area (Å²) in [5, 5.41) is 0.663. The molecule has 7 heteroatoms. The smallest absolute Gasteiger partial charge is 0.166 e. The number of nitrogens with zero attached hydrogens (tertiary/aromatic N) is 1. The van der Waals surface area contributed by atoms with Gasteiger partial charge in [-0.05, 0) is 26.3 Å². The van der Waals surface area contributed by atoms with Crippen LogP contribution in [0.15, 0.2) is 12.1 Å². The van der Waals surface area contributed by atoms with Gasteiger partial charge in [-0.25, -0.2) is 0 Å². The average molecular weight is 372 g/mol. The summed E-state index contributed by atoms with van der Waals surface area (Å²) in [5.74, 6) is 1.47. The van der Waals surface area contributed by atoms with E-state index in [2.05, 4.69) is 4.90 Å². The molecule has 0 amide bonds. The molecule has 1 aliphatic rings. The van der Waals surface area contributed by atoms with Crippen LogP contribution in [0.25, 0.3) is 0 Å². The van der Waals surface area contributed by atoms with Gasteiger partial charge in [0.1, 0.15) is 0 Å². The number of ether oxygens (including phenoxy) is 2. The highest BCUT2D eigenvalue weighted by molar-refractivity contribution is 6.30. The number of rotatable bonds is 5. The number of hydrogen-bond donors (Lipinski definition) is 1. The lowest BCUT2D eigenvalue weighted by molar-refractivity contribution is 0.222. The van der Waals surface area contributed by atoms with E-state index < -0.39 is 0 Å². The molecule has 1 aromatic carbocycles. The molecule has 22 heavy (non-hydrogen) atoms. The number of benzene rings is 1. The van der Waals surface area contributed by atoms with E-state index in [4.69, 9.17) is 26.8 Å². The lowest BCUT2D eigenvalue weighted by Crippen LogP contribution is -2.26. The van der Waals surface area contributed by atoms with Crippen molar-refractivity contribution in [3.05, 3.63) is 22.7 Å². The molecular formula is C15H25Cl3N2O2. The predicted octanol–water partition coefficient (Wildman–Crippen LogP) is 3.51. The zero-order chi connectivity index (χ0) is 14.7. The quantitative estimate of drug-likeness (QED) is 0.860. The van der Waals surface area contributed by atoms with Crippen LogP contribution in [0, 0.1) is 0 Å². The molecule has 1 aliphatic heterocycles. The van der Waals surface area contributed by atoms with E-state index in [9.17, 15) is 0 Å². The fourth-order valence-corrected chi connectivity index (χ4v) is 2.74. The van der Waals surface area contributed by atoms with Gasteiger partial charge >= 0.3 is 0 Å². The molecule has 2 N–H and O–H groups in total. The van der Waals surface area contributed by atoms with Crippen LogP contribution in [0.1, 0.15) is 25.8 Å². The fraction of sp³-hybridized carbons (Fsp3) is 0.600. The van der Waals surface area contributed by atoms with Crippen LogP contribution in [0.5, 0.6) is 11.5 Å². The van der Waals surface area contributed by atoms with Crippen molar-refractivity contribution in [1.82, 2.24) is 4.90 Å². The Labute approximate surface area is 150 Å². The SMILES string of the molecule is COc1cc(Cl)cc(CN2CCC(N)C2)c1OC(C)C.Cl.Cl. The maximum Gasteiger partial charge on any atom is 0.166 e. The van der Waals surface area contributed by atoms with Crippen LogP contribution >= 0.6 is 36.4 Å². The summed E-state index contributed by atoms with van der Waals surface area (Å²) in [5.41, 5.74) is 7.01. The first-order valence-electron chi connectivity index (χ1n) is 7.00. The summed E-state index contributed by atoms with van der Waals surface area (Å²) in [7, 11) is 1.63. The topological polar surface area (TPSA) is 47.7 Å². The van der Waals surface area contributed by atoms with Crippen molar-refractivity contribution in [3.8, 4) is 11.5 Å². The highest BCUT2D eigenvalue weighted by Crippen LogP contribution is 2.36. The molecule has 0 bridgehead atoms. The number of halogens is 3. The Morgan fingerprint density at radius 2 is 2.05 bits per heavy atom. The lowest BCUT2D eigenvalue weighted by Gasteiger charge is -2.21. The Bertz CT molecular complexity index is 472. The molecule has 1 saturated heterocycles. The number of nitrogens with two attached hydrogens (primary N) is 1. The molecule has 0 saturated carbocycles. The summed E-state index contributed by atoms with van der Waals surface area (Å²) in [6.45, 7) is 6.72. The van der Waals surface area contributed by atoms with Crippen LogP contribution in [-0.4, -0.2) is 37.2 Å². The van der Waals surface area contributed by atoms with Crippen molar-refractivity contribution in [2.45, 2.75) is 39.0 Å². The Hall–Kier alpha value is -0.390. The van der Waals surface area contributed by atoms with Gasteiger partial charge < -0.3 is 15.2 Å². The molecule has 1 fully saturated rings. The summed E-state index contributed by atoms with van der Waals surface area (Å²) in [4.78, 5) is 2.32. The zero-order valence-electron chi connectivity index (χ0n) is 13.2. The van der Waals surface area contributed by atoms with Gasteiger partial charge in [0.25, 0.3) is 0 Å². The van der Waals surface area contributed by atoms with Crippen molar-refractivity contribution in [2.75, 3.05) is 20.2 Å². The third kappa shape index (κ3) is 5.67. The van der Waals surface area contributed by atoms with Crippen molar-refractivity contribution in [2.24, 2.45) is 5.73 Å². The van der Waals surface area contributed by atoms with Crippen molar-refractivity contribution >= 4 is 36.4 Å². The highest BCUT2D eigenvalue weighted by Gasteiger charge is 2.22. The normalized spacial score (nSPS) is 17.8. The predicted molar refractivity (Wildman–Crippen MR) is 96.1 cm³/mol. The minimum atomic E-state index is 0. The molecule has 1 unspecified atom stereocenters. The molecule has 0 aliphatic carbocycles. The van der Waals surface area contributed by atoms with Gasteiger partial charge in [0.2, 0.25) is 0 Å². The van der Waals surface area contributed by atoms with Gasteiger partial charge in [0, 0.05) is 42.3 Å². The molecule has 0 aromatic heterocycles. The molecule has 2 rings (SSSR count). The molecule has 0 spiro atoms. The highest BCUT2D eigenvalue weighted by atomic mass is 35.5. The first-order chi connectivity index (χ1) is 9.49. The van der Waals surface area contributed by atoms with Crippen LogP contribution in [0.4, 0.5) is 0 Å². The second-order valence-corrected chi connectivity index (χ2v) is 5.98. The Balaban J connectivity index is 0.00000220. The Morgan fingerprint density at radius 1 is 1.36 bits per heavy atom. The van der Waals surface area contributed by atoms with Crippen LogP contribution in [0.3, 0.4) is 0 Å². The second-order valence-electron chi connectivity index (χ2n) is 5.55. The summed E-state index contributed by atoms with van der Waals surface area (Å²) in [6, 6.07) is 4.01. The van der Waals surface area contributed by atoms with Gasteiger partial charge in [0.05, 0.1) is 13.2 Å². The van der Waals surface area contributed by atoms with Gasteiger partial charge in [-0.2, -0.15) is 0 Å². The molecule has 1 heterocycles. The molecular weight excluding hydrogens is 347 g/mol. The summed E-state index contributed by atoms with van der Waals surface area (Å²) >= 11 is 6.17. The molecule has 1 aromatic rings. The molecule has 128 valence electrons. The van der Waals surface area contributed by atoms with E-state index in [1.165, 1.54) is 0 Å². The number of likely N-dealkylation sites (tertiary alicyclic amines) is 1. The van der Waals surface area contributed by atoms with E-state index in [-0.39, 0.29) is 37.0 Å². The van der Waals surface area contributed by atoms with Crippen LogP contribution < -0.4 is 15.2 Å². The zero-order valence-corrected chi connectivity index (χ0v) is 15.6.